The van der Waals surface area contributed by atoms with Gasteiger partial charge < -0.3 is 9.64 Å². The van der Waals surface area contributed by atoms with Gasteiger partial charge in [0, 0.05) is 12.2 Å². The first-order valence-electron chi connectivity index (χ1n) is 7.72. The number of hydrogen-bond acceptors (Lipinski definition) is 3. The molecular formula is C18H17ClN2O2S. The molecular weight excluding hydrogens is 344 g/mol. The number of benzene rings is 2. The van der Waals surface area contributed by atoms with Crippen molar-refractivity contribution in [2.75, 3.05) is 18.1 Å². The average Bonchev–Trinajstić information content (AvgIpc) is 2.60. The smallest absolute Gasteiger partial charge is 0.264 e. The average molecular weight is 361 g/mol. The Morgan fingerprint density at radius 3 is 2.79 bits per heavy atom. The predicted molar refractivity (Wildman–Crippen MR) is 99.8 cm³/mol. The van der Waals surface area contributed by atoms with Crippen LogP contribution >= 0.6 is 23.8 Å². The topological polar surface area (TPSA) is 41.6 Å². The van der Waals surface area contributed by atoms with E-state index in [9.17, 15) is 4.79 Å². The minimum atomic E-state index is -0.303. The van der Waals surface area contributed by atoms with Gasteiger partial charge in [0.2, 0.25) is 0 Å². The first-order chi connectivity index (χ1) is 11.6. The predicted octanol–water partition coefficient (Wildman–Crippen LogP) is 3.57. The Hall–Kier alpha value is -2.11. The van der Waals surface area contributed by atoms with Gasteiger partial charge in [-0.2, -0.15) is 0 Å². The number of carbonyl (C=O) groups is 1. The molecule has 0 unspecified atom stereocenters. The second-order valence-electron chi connectivity index (χ2n) is 5.46. The van der Waals surface area contributed by atoms with Crippen molar-refractivity contribution >= 4 is 40.5 Å². The summed E-state index contributed by atoms with van der Waals surface area (Å²) in [4.78, 5) is 14.1. The van der Waals surface area contributed by atoms with E-state index in [2.05, 4.69) is 11.4 Å². The molecule has 1 aliphatic heterocycles. The lowest BCUT2D eigenvalue weighted by molar-refractivity contribution is -0.121. The molecule has 0 saturated carbocycles. The van der Waals surface area contributed by atoms with Crippen molar-refractivity contribution in [2.45, 2.75) is 12.8 Å². The first-order valence-corrected chi connectivity index (χ1v) is 8.50. The number of nitrogens with zero attached hydrogens (tertiary/aromatic N) is 1. The summed E-state index contributed by atoms with van der Waals surface area (Å²) in [6, 6.07) is 15.1. The highest BCUT2D eigenvalue weighted by atomic mass is 35.5. The summed E-state index contributed by atoms with van der Waals surface area (Å²) >= 11 is 11.4. The zero-order valence-electron chi connectivity index (χ0n) is 13.0. The molecule has 1 heterocycles. The van der Waals surface area contributed by atoms with Gasteiger partial charge in [0.25, 0.3) is 5.91 Å². The third kappa shape index (κ3) is 3.86. The number of halogens is 1. The molecule has 0 spiro atoms. The van der Waals surface area contributed by atoms with E-state index in [1.807, 2.05) is 23.1 Å². The standard InChI is InChI=1S/C18H17ClN2O2S/c19-14-8-2-4-10-16(14)23-12-17(22)20-18(24)21-11-5-7-13-6-1-3-9-15(13)21/h1-4,6,8-10H,5,7,11-12H2,(H,20,22,24). The largest absolute Gasteiger partial charge is 0.482 e. The molecule has 0 radical (unpaired) electrons. The third-order valence-electron chi connectivity index (χ3n) is 3.80. The number of anilines is 1. The molecule has 3 rings (SSSR count). The van der Waals surface area contributed by atoms with E-state index >= 15 is 0 Å². The number of fused-ring (bicyclic) bond motifs is 1. The highest BCUT2D eigenvalue weighted by Crippen LogP contribution is 2.26. The van der Waals surface area contributed by atoms with Crippen LogP contribution in [0.4, 0.5) is 5.69 Å². The van der Waals surface area contributed by atoms with E-state index in [1.54, 1.807) is 24.3 Å². The van der Waals surface area contributed by atoms with E-state index in [0.717, 1.165) is 25.1 Å². The molecule has 0 saturated heterocycles. The molecule has 0 aromatic heterocycles. The van der Waals surface area contributed by atoms with Gasteiger partial charge in [0.1, 0.15) is 5.75 Å². The number of rotatable bonds is 3. The Bertz CT molecular complexity index is 766. The van der Waals surface area contributed by atoms with Crippen LogP contribution in [0, 0.1) is 0 Å². The summed E-state index contributed by atoms with van der Waals surface area (Å²) in [6.07, 6.45) is 2.03. The minimum absolute atomic E-state index is 0.140. The van der Waals surface area contributed by atoms with Crippen LogP contribution < -0.4 is 15.0 Å². The number of ether oxygens (including phenoxy) is 1. The van der Waals surface area contributed by atoms with E-state index in [0.29, 0.717) is 15.9 Å². The van der Waals surface area contributed by atoms with Gasteiger partial charge >= 0.3 is 0 Å². The van der Waals surface area contributed by atoms with Crippen molar-refractivity contribution in [3.8, 4) is 5.75 Å². The summed E-state index contributed by atoms with van der Waals surface area (Å²) < 4.78 is 5.43. The van der Waals surface area contributed by atoms with Gasteiger partial charge in [-0.25, -0.2) is 0 Å². The molecule has 0 atom stereocenters. The Balaban J connectivity index is 1.59. The quantitative estimate of drug-likeness (QED) is 0.849. The van der Waals surface area contributed by atoms with E-state index in [1.165, 1.54) is 5.56 Å². The minimum Gasteiger partial charge on any atom is -0.482 e. The molecule has 1 amide bonds. The number of thiocarbonyl (C=S) groups is 1. The monoisotopic (exact) mass is 360 g/mol. The van der Waals surface area contributed by atoms with Crippen molar-refractivity contribution in [1.82, 2.24) is 5.32 Å². The number of para-hydroxylation sites is 2. The maximum Gasteiger partial charge on any atom is 0.264 e. The number of amides is 1. The molecule has 1 N–H and O–H groups in total. The fourth-order valence-electron chi connectivity index (χ4n) is 2.67. The summed E-state index contributed by atoms with van der Waals surface area (Å²) in [5.74, 6) is 0.173. The molecule has 4 nitrogen and oxygen atoms in total. The fraction of sp³-hybridized carbons (Fsp3) is 0.222. The van der Waals surface area contributed by atoms with Crippen LogP contribution in [0.15, 0.2) is 48.5 Å². The highest BCUT2D eigenvalue weighted by molar-refractivity contribution is 7.80. The Labute approximate surface area is 151 Å². The SMILES string of the molecule is O=C(COc1ccccc1Cl)NC(=S)N1CCCc2ccccc21. The van der Waals surface area contributed by atoms with E-state index in [-0.39, 0.29) is 12.5 Å². The normalized spacial score (nSPS) is 13.1. The second kappa shape index (κ2) is 7.64. The Morgan fingerprint density at radius 1 is 1.21 bits per heavy atom. The third-order valence-corrected chi connectivity index (χ3v) is 4.43. The van der Waals surface area contributed by atoms with Gasteiger partial charge in [-0.3, -0.25) is 10.1 Å². The molecule has 0 aliphatic carbocycles. The van der Waals surface area contributed by atoms with Crippen LogP contribution in [0.2, 0.25) is 5.02 Å². The van der Waals surface area contributed by atoms with Crippen LogP contribution in [0.5, 0.6) is 5.75 Å². The van der Waals surface area contributed by atoms with Crippen LogP contribution in [0.3, 0.4) is 0 Å². The summed E-state index contributed by atoms with van der Waals surface area (Å²) in [6.45, 7) is 0.654. The fourth-order valence-corrected chi connectivity index (χ4v) is 3.17. The molecule has 0 fully saturated rings. The van der Waals surface area contributed by atoms with E-state index in [4.69, 9.17) is 28.6 Å². The lowest BCUT2D eigenvalue weighted by Gasteiger charge is -2.31. The van der Waals surface area contributed by atoms with Gasteiger partial charge in [-0.1, -0.05) is 41.9 Å². The number of nitrogens with one attached hydrogen (secondary N) is 1. The highest BCUT2D eigenvalue weighted by Gasteiger charge is 2.21. The Kier molecular flexibility index (Phi) is 5.33. The van der Waals surface area contributed by atoms with Crippen LogP contribution in [0.25, 0.3) is 0 Å². The molecule has 24 heavy (non-hydrogen) atoms. The summed E-state index contributed by atoms with van der Waals surface area (Å²) in [5, 5.41) is 3.60. The maximum atomic E-state index is 12.1. The second-order valence-corrected chi connectivity index (χ2v) is 6.25. The molecule has 0 bridgehead atoms. The molecule has 6 heteroatoms. The van der Waals surface area contributed by atoms with E-state index < -0.39 is 0 Å². The molecule has 1 aliphatic rings. The number of aryl methyl sites for hydroxylation is 1. The summed E-state index contributed by atoms with van der Waals surface area (Å²) in [7, 11) is 0. The van der Waals surface area contributed by atoms with Gasteiger partial charge in [-0.05, 0) is 48.8 Å². The molecule has 2 aromatic carbocycles. The van der Waals surface area contributed by atoms with Gasteiger partial charge in [0.15, 0.2) is 11.7 Å². The van der Waals surface area contributed by atoms with Crippen LogP contribution in [-0.4, -0.2) is 24.2 Å². The van der Waals surface area contributed by atoms with Crippen molar-refractivity contribution in [3.05, 3.63) is 59.1 Å². The van der Waals surface area contributed by atoms with Crippen molar-refractivity contribution in [2.24, 2.45) is 0 Å². The van der Waals surface area contributed by atoms with Gasteiger partial charge in [0.05, 0.1) is 5.02 Å². The number of hydrogen-bond donors (Lipinski definition) is 1. The van der Waals surface area contributed by atoms with Crippen LogP contribution in [0.1, 0.15) is 12.0 Å². The maximum absolute atomic E-state index is 12.1. The molecule has 2 aromatic rings. The summed E-state index contributed by atoms with van der Waals surface area (Å²) in [5.41, 5.74) is 2.30. The molecule has 124 valence electrons. The first kappa shape index (κ1) is 16.7. The zero-order chi connectivity index (χ0) is 16.9. The van der Waals surface area contributed by atoms with Crippen LogP contribution in [-0.2, 0) is 11.2 Å². The lowest BCUT2D eigenvalue weighted by atomic mass is 10.0. The van der Waals surface area contributed by atoms with Crippen molar-refractivity contribution in [3.63, 3.8) is 0 Å². The van der Waals surface area contributed by atoms with Gasteiger partial charge in [-0.15, -0.1) is 0 Å². The number of carbonyl (C=O) groups excluding carboxylic acids is 1. The lowest BCUT2D eigenvalue weighted by Crippen LogP contribution is -2.46. The van der Waals surface area contributed by atoms with Crippen molar-refractivity contribution in [1.29, 1.82) is 0 Å². The zero-order valence-corrected chi connectivity index (χ0v) is 14.6. The van der Waals surface area contributed by atoms with Crippen molar-refractivity contribution < 1.29 is 9.53 Å². The Morgan fingerprint density at radius 2 is 1.96 bits per heavy atom.